The molecular formula is C12H14BrNO3S. The number of nitrogens with zero attached hydrogens (tertiary/aromatic N) is 1. The number of sulfonamides is 1. The first-order valence-corrected chi connectivity index (χ1v) is 7.53. The molecule has 0 saturated heterocycles. The van der Waals surface area contributed by atoms with Gasteiger partial charge in [0.2, 0.25) is 10.0 Å². The summed E-state index contributed by atoms with van der Waals surface area (Å²) in [5.41, 5.74) is 0.640. The molecule has 0 aliphatic heterocycles. The summed E-state index contributed by atoms with van der Waals surface area (Å²) < 4.78 is 26.3. The van der Waals surface area contributed by atoms with Crippen molar-refractivity contribution in [1.82, 2.24) is 4.31 Å². The Morgan fingerprint density at radius 1 is 1.50 bits per heavy atom. The lowest BCUT2D eigenvalue weighted by atomic mass is 10.2. The van der Waals surface area contributed by atoms with Gasteiger partial charge in [-0.3, -0.25) is 0 Å². The fourth-order valence-corrected chi connectivity index (χ4v) is 3.91. The quantitative estimate of drug-likeness (QED) is 0.833. The normalized spacial score (nSPS) is 11.5. The van der Waals surface area contributed by atoms with Crippen LogP contribution in [0.25, 0.3) is 0 Å². The van der Waals surface area contributed by atoms with Crippen LogP contribution in [0.5, 0.6) is 0 Å². The zero-order valence-electron chi connectivity index (χ0n) is 9.93. The van der Waals surface area contributed by atoms with Crippen molar-refractivity contribution in [1.29, 1.82) is 0 Å². The van der Waals surface area contributed by atoms with Crippen molar-refractivity contribution in [2.24, 2.45) is 0 Å². The van der Waals surface area contributed by atoms with E-state index in [4.69, 9.17) is 11.5 Å². The molecule has 0 heterocycles. The molecule has 0 unspecified atom stereocenters. The molecule has 18 heavy (non-hydrogen) atoms. The molecule has 0 aromatic heterocycles. The Bertz CT molecular complexity index is 563. The highest BCUT2D eigenvalue weighted by Crippen LogP contribution is 2.26. The van der Waals surface area contributed by atoms with Gasteiger partial charge in [0.25, 0.3) is 0 Å². The molecule has 0 bridgehead atoms. The Labute approximate surface area is 116 Å². The molecule has 0 spiro atoms. The van der Waals surface area contributed by atoms with E-state index in [1.165, 1.54) is 10.4 Å². The zero-order valence-corrected chi connectivity index (χ0v) is 12.3. The van der Waals surface area contributed by atoms with Gasteiger partial charge < -0.3 is 5.11 Å². The number of halogens is 1. The zero-order chi connectivity index (χ0) is 13.8. The number of hydrogen-bond donors (Lipinski definition) is 1. The number of hydrogen-bond acceptors (Lipinski definition) is 3. The first-order valence-electron chi connectivity index (χ1n) is 5.30. The standard InChI is InChI=1S/C12H14BrNO3S/c1-3-7-14(4-2)18(16,17)12-6-5-10(9-15)8-11(12)13/h1,5-6,8,15H,4,7,9H2,2H3. The van der Waals surface area contributed by atoms with Gasteiger partial charge in [0.05, 0.1) is 18.0 Å². The molecule has 0 amide bonds. The van der Waals surface area contributed by atoms with Crippen LogP contribution >= 0.6 is 15.9 Å². The van der Waals surface area contributed by atoms with Gasteiger partial charge >= 0.3 is 0 Å². The van der Waals surface area contributed by atoms with Crippen LogP contribution in [-0.4, -0.2) is 30.9 Å². The van der Waals surface area contributed by atoms with Crippen LogP contribution in [0.3, 0.4) is 0 Å². The lowest BCUT2D eigenvalue weighted by molar-refractivity contribution is 0.281. The molecule has 1 N–H and O–H groups in total. The highest BCUT2D eigenvalue weighted by atomic mass is 79.9. The van der Waals surface area contributed by atoms with Gasteiger partial charge in [0, 0.05) is 11.0 Å². The van der Waals surface area contributed by atoms with Crippen molar-refractivity contribution in [2.75, 3.05) is 13.1 Å². The van der Waals surface area contributed by atoms with E-state index in [0.29, 0.717) is 16.6 Å². The highest BCUT2D eigenvalue weighted by Gasteiger charge is 2.24. The third-order valence-electron chi connectivity index (χ3n) is 2.42. The Hall–Kier alpha value is -0.870. The number of rotatable bonds is 5. The molecule has 0 aliphatic rings. The fraction of sp³-hybridized carbons (Fsp3) is 0.333. The van der Waals surface area contributed by atoms with Crippen LogP contribution in [0.15, 0.2) is 27.6 Å². The summed E-state index contributed by atoms with van der Waals surface area (Å²) in [5, 5.41) is 8.99. The molecule has 1 rings (SSSR count). The molecule has 1 aromatic carbocycles. The maximum atomic E-state index is 12.3. The monoisotopic (exact) mass is 331 g/mol. The van der Waals surface area contributed by atoms with Crippen LogP contribution in [0.4, 0.5) is 0 Å². The van der Waals surface area contributed by atoms with E-state index in [-0.39, 0.29) is 18.0 Å². The molecule has 0 saturated carbocycles. The Morgan fingerprint density at radius 3 is 2.61 bits per heavy atom. The van der Waals surface area contributed by atoms with E-state index in [1.54, 1.807) is 19.1 Å². The summed E-state index contributed by atoms with van der Waals surface area (Å²) >= 11 is 3.20. The van der Waals surface area contributed by atoms with Crippen molar-refractivity contribution >= 4 is 26.0 Å². The molecule has 1 aromatic rings. The maximum Gasteiger partial charge on any atom is 0.245 e. The summed E-state index contributed by atoms with van der Waals surface area (Å²) in [6, 6.07) is 4.61. The van der Waals surface area contributed by atoms with Gasteiger partial charge in [-0.25, -0.2) is 8.42 Å². The smallest absolute Gasteiger partial charge is 0.245 e. The van der Waals surface area contributed by atoms with Crippen LogP contribution in [-0.2, 0) is 16.6 Å². The number of aliphatic hydroxyl groups excluding tert-OH is 1. The largest absolute Gasteiger partial charge is 0.392 e. The minimum absolute atomic E-state index is 0.0347. The lowest BCUT2D eigenvalue weighted by Crippen LogP contribution is -2.31. The van der Waals surface area contributed by atoms with E-state index < -0.39 is 10.0 Å². The van der Waals surface area contributed by atoms with Gasteiger partial charge in [-0.1, -0.05) is 18.9 Å². The number of terminal acetylenes is 1. The van der Waals surface area contributed by atoms with E-state index in [2.05, 4.69) is 21.9 Å². The average molecular weight is 332 g/mol. The predicted octanol–water partition coefficient (Wildman–Crippen LogP) is 1.59. The third kappa shape index (κ3) is 3.12. The minimum atomic E-state index is -3.61. The first kappa shape index (κ1) is 15.2. The van der Waals surface area contributed by atoms with Gasteiger partial charge in [-0.15, -0.1) is 6.42 Å². The summed E-state index contributed by atoms with van der Waals surface area (Å²) in [5.74, 6) is 2.33. The van der Waals surface area contributed by atoms with E-state index in [9.17, 15) is 8.42 Å². The van der Waals surface area contributed by atoms with Crippen molar-refractivity contribution in [3.05, 3.63) is 28.2 Å². The predicted molar refractivity (Wildman–Crippen MR) is 73.3 cm³/mol. The maximum absolute atomic E-state index is 12.3. The Morgan fingerprint density at radius 2 is 2.17 bits per heavy atom. The van der Waals surface area contributed by atoms with E-state index >= 15 is 0 Å². The van der Waals surface area contributed by atoms with Crippen molar-refractivity contribution in [3.8, 4) is 12.3 Å². The topological polar surface area (TPSA) is 57.6 Å². The lowest BCUT2D eigenvalue weighted by Gasteiger charge is -2.18. The third-order valence-corrected chi connectivity index (χ3v) is 5.31. The number of aliphatic hydroxyl groups is 1. The van der Waals surface area contributed by atoms with Crippen LogP contribution in [0.1, 0.15) is 12.5 Å². The fourth-order valence-electron chi connectivity index (χ4n) is 1.46. The van der Waals surface area contributed by atoms with Gasteiger partial charge in [-0.2, -0.15) is 4.31 Å². The second-order valence-corrected chi connectivity index (χ2v) is 6.32. The molecule has 6 heteroatoms. The van der Waals surface area contributed by atoms with Gasteiger partial charge in [-0.05, 0) is 33.6 Å². The molecule has 4 nitrogen and oxygen atoms in total. The first-order chi connectivity index (χ1) is 8.47. The summed E-state index contributed by atoms with van der Waals surface area (Å²) in [6.07, 6.45) is 5.16. The van der Waals surface area contributed by atoms with Gasteiger partial charge in [0.1, 0.15) is 0 Å². The highest BCUT2D eigenvalue weighted by molar-refractivity contribution is 9.10. The van der Waals surface area contributed by atoms with Crippen molar-refractivity contribution in [2.45, 2.75) is 18.4 Å². The van der Waals surface area contributed by atoms with E-state index in [0.717, 1.165) is 0 Å². The summed E-state index contributed by atoms with van der Waals surface area (Å²) in [4.78, 5) is 0.150. The molecular weight excluding hydrogens is 318 g/mol. The number of benzene rings is 1. The Kier molecular flexibility index (Phi) is 5.35. The van der Waals surface area contributed by atoms with Crippen molar-refractivity contribution < 1.29 is 13.5 Å². The molecule has 98 valence electrons. The summed E-state index contributed by atoms with van der Waals surface area (Å²) in [6.45, 7) is 1.93. The Balaban J connectivity index is 3.24. The molecule has 0 radical (unpaired) electrons. The minimum Gasteiger partial charge on any atom is -0.392 e. The van der Waals surface area contributed by atoms with Crippen molar-refractivity contribution in [3.63, 3.8) is 0 Å². The SMILES string of the molecule is C#CCN(CC)S(=O)(=O)c1ccc(CO)cc1Br. The molecule has 0 atom stereocenters. The second-order valence-electron chi connectivity index (χ2n) is 3.56. The molecule has 0 fully saturated rings. The second kappa shape index (κ2) is 6.34. The van der Waals surface area contributed by atoms with E-state index in [1.807, 2.05) is 0 Å². The van der Waals surface area contributed by atoms with Crippen LogP contribution < -0.4 is 0 Å². The average Bonchev–Trinajstić information content (AvgIpc) is 2.35. The summed E-state index contributed by atoms with van der Waals surface area (Å²) in [7, 11) is -3.61. The van der Waals surface area contributed by atoms with Crippen LogP contribution in [0, 0.1) is 12.3 Å². The van der Waals surface area contributed by atoms with Gasteiger partial charge in [0.15, 0.2) is 0 Å². The van der Waals surface area contributed by atoms with Crippen LogP contribution in [0.2, 0.25) is 0 Å². The molecule has 0 aliphatic carbocycles.